The number of benzene rings is 2. The van der Waals surface area contributed by atoms with E-state index in [1.807, 2.05) is 17.4 Å². The molecule has 1 atom stereocenters. The molecule has 7 nitrogen and oxygen atoms in total. The Morgan fingerprint density at radius 1 is 1.07 bits per heavy atom. The van der Waals surface area contributed by atoms with E-state index >= 15 is 0 Å². The van der Waals surface area contributed by atoms with Gasteiger partial charge in [0, 0.05) is 12.1 Å². The number of amides is 3. The molecule has 0 saturated carbocycles. The topological polar surface area (TPSA) is 93.7 Å². The lowest BCUT2D eigenvalue weighted by Crippen LogP contribution is -2.43. The lowest BCUT2D eigenvalue weighted by atomic mass is 10.2. The Morgan fingerprint density at radius 2 is 1.74 bits per heavy atom. The van der Waals surface area contributed by atoms with E-state index in [1.54, 1.807) is 30.3 Å². The van der Waals surface area contributed by atoms with Gasteiger partial charge in [0.1, 0.15) is 17.9 Å². The highest BCUT2D eigenvalue weighted by molar-refractivity contribution is 6.30. The number of imide groups is 1. The molecule has 2 aromatic carbocycles. The fourth-order valence-electron chi connectivity index (χ4n) is 2.06. The Bertz CT molecular complexity index is 823. The first kappa shape index (κ1) is 20.3. The van der Waals surface area contributed by atoms with Crippen molar-refractivity contribution in [3.05, 3.63) is 64.7 Å². The SMILES string of the molecule is CNC(=O)NC(=O)[C@@H](C)OC(=O)c1ccccc1OCc1ccc(Cl)cc1. The zero-order valence-electron chi connectivity index (χ0n) is 14.8. The highest BCUT2D eigenvalue weighted by atomic mass is 35.5. The second kappa shape index (κ2) is 9.59. The zero-order valence-corrected chi connectivity index (χ0v) is 15.6. The lowest BCUT2D eigenvalue weighted by molar-refractivity contribution is -0.127. The average Bonchev–Trinajstić information content (AvgIpc) is 2.67. The van der Waals surface area contributed by atoms with Crippen molar-refractivity contribution in [1.82, 2.24) is 10.6 Å². The molecule has 0 radical (unpaired) electrons. The molecule has 3 amide bonds. The number of ether oxygens (including phenoxy) is 2. The number of carbonyl (C=O) groups is 3. The third-order valence-corrected chi connectivity index (χ3v) is 3.78. The number of nitrogens with one attached hydrogen (secondary N) is 2. The van der Waals surface area contributed by atoms with Gasteiger partial charge in [-0.2, -0.15) is 0 Å². The number of carbonyl (C=O) groups excluding carboxylic acids is 3. The van der Waals surface area contributed by atoms with Crippen LogP contribution in [0, 0.1) is 0 Å². The molecule has 0 aliphatic carbocycles. The molecule has 27 heavy (non-hydrogen) atoms. The Hall–Kier alpha value is -3.06. The Morgan fingerprint density at radius 3 is 2.41 bits per heavy atom. The number of rotatable bonds is 6. The van der Waals surface area contributed by atoms with Gasteiger partial charge >= 0.3 is 12.0 Å². The fourth-order valence-corrected chi connectivity index (χ4v) is 2.18. The smallest absolute Gasteiger partial charge is 0.342 e. The van der Waals surface area contributed by atoms with Crippen molar-refractivity contribution in [3.8, 4) is 5.75 Å². The zero-order chi connectivity index (χ0) is 19.8. The van der Waals surface area contributed by atoms with Gasteiger partial charge in [-0.25, -0.2) is 9.59 Å². The summed E-state index contributed by atoms with van der Waals surface area (Å²) in [5.74, 6) is -1.15. The van der Waals surface area contributed by atoms with Crippen LogP contribution in [0.3, 0.4) is 0 Å². The summed E-state index contributed by atoms with van der Waals surface area (Å²) < 4.78 is 10.8. The highest BCUT2D eigenvalue weighted by Crippen LogP contribution is 2.21. The molecular weight excluding hydrogens is 372 g/mol. The van der Waals surface area contributed by atoms with Crippen LogP contribution in [0.15, 0.2) is 48.5 Å². The van der Waals surface area contributed by atoms with Gasteiger partial charge in [-0.15, -0.1) is 0 Å². The summed E-state index contributed by atoms with van der Waals surface area (Å²) in [6.07, 6.45) is -1.15. The first-order valence-corrected chi connectivity index (χ1v) is 8.48. The highest BCUT2D eigenvalue weighted by Gasteiger charge is 2.22. The van der Waals surface area contributed by atoms with Crippen LogP contribution in [0.5, 0.6) is 5.75 Å². The van der Waals surface area contributed by atoms with Crippen molar-refractivity contribution in [3.63, 3.8) is 0 Å². The van der Waals surface area contributed by atoms with E-state index in [2.05, 4.69) is 5.32 Å². The van der Waals surface area contributed by atoms with Gasteiger partial charge < -0.3 is 14.8 Å². The average molecular weight is 391 g/mol. The van der Waals surface area contributed by atoms with Crippen molar-refractivity contribution >= 4 is 29.5 Å². The van der Waals surface area contributed by atoms with E-state index in [0.717, 1.165) is 5.56 Å². The van der Waals surface area contributed by atoms with Gasteiger partial charge in [0.25, 0.3) is 5.91 Å². The standard InChI is InChI=1S/C19H19ClN2O5/c1-12(17(23)22-19(25)21-2)27-18(24)15-5-3-4-6-16(15)26-11-13-7-9-14(20)10-8-13/h3-10,12H,11H2,1-2H3,(H2,21,22,23,25)/t12-/m1/s1. The molecule has 142 valence electrons. The summed E-state index contributed by atoms with van der Waals surface area (Å²) in [5, 5.41) is 4.90. The van der Waals surface area contributed by atoms with Gasteiger partial charge in [0.2, 0.25) is 0 Å². The number of para-hydroxylation sites is 1. The summed E-state index contributed by atoms with van der Waals surface area (Å²) in [6.45, 7) is 1.60. The summed E-state index contributed by atoms with van der Waals surface area (Å²) in [7, 11) is 1.37. The number of halogens is 1. The van der Waals surface area contributed by atoms with Crippen molar-refractivity contribution in [2.75, 3.05) is 7.05 Å². The second-order valence-corrected chi connectivity index (χ2v) is 5.96. The monoisotopic (exact) mass is 390 g/mol. The normalized spacial score (nSPS) is 11.2. The Labute approximate surface area is 161 Å². The van der Waals surface area contributed by atoms with Crippen molar-refractivity contribution in [2.45, 2.75) is 19.6 Å². The van der Waals surface area contributed by atoms with E-state index in [9.17, 15) is 14.4 Å². The van der Waals surface area contributed by atoms with Gasteiger partial charge in [-0.3, -0.25) is 10.1 Å². The molecule has 0 fully saturated rings. The molecule has 2 aromatic rings. The van der Waals surface area contributed by atoms with Crippen molar-refractivity contribution in [2.24, 2.45) is 0 Å². The number of urea groups is 1. The fraction of sp³-hybridized carbons (Fsp3) is 0.211. The molecule has 2 rings (SSSR count). The summed E-state index contributed by atoms with van der Waals surface area (Å²) in [6, 6.07) is 13.0. The summed E-state index contributed by atoms with van der Waals surface area (Å²) in [4.78, 5) is 35.4. The maximum atomic E-state index is 12.4. The van der Waals surface area contributed by atoms with Crippen molar-refractivity contribution < 1.29 is 23.9 Å². The summed E-state index contributed by atoms with van der Waals surface area (Å²) in [5.41, 5.74) is 1.05. The number of esters is 1. The van der Waals surface area contributed by atoms with Gasteiger partial charge in [-0.05, 0) is 36.8 Å². The van der Waals surface area contributed by atoms with Crippen LogP contribution in [0.2, 0.25) is 5.02 Å². The van der Waals surface area contributed by atoms with Crippen LogP contribution in [0.25, 0.3) is 0 Å². The molecule has 0 aliphatic rings. The molecule has 0 aliphatic heterocycles. The maximum Gasteiger partial charge on any atom is 0.342 e. The summed E-state index contributed by atoms with van der Waals surface area (Å²) >= 11 is 5.85. The molecule has 0 aromatic heterocycles. The predicted octanol–water partition coefficient (Wildman–Crippen LogP) is 2.92. The molecule has 0 bridgehead atoms. The molecule has 2 N–H and O–H groups in total. The molecule has 0 unspecified atom stereocenters. The maximum absolute atomic E-state index is 12.4. The third kappa shape index (κ3) is 6.00. The quantitative estimate of drug-likeness (QED) is 0.739. The predicted molar refractivity (Wildman–Crippen MR) is 99.7 cm³/mol. The Balaban J connectivity index is 2.03. The van der Waals surface area contributed by atoms with E-state index in [-0.39, 0.29) is 12.2 Å². The van der Waals surface area contributed by atoms with Crippen LogP contribution in [-0.2, 0) is 16.1 Å². The van der Waals surface area contributed by atoms with Crippen molar-refractivity contribution in [1.29, 1.82) is 0 Å². The number of hydrogen-bond acceptors (Lipinski definition) is 5. The number of hydrogen-bond donors (Lipinski definition) is 2. The molecule has 8 heteroatoms. The van der Waals surface area contributed by atoms with E-state index in [4.69, 9.17) is 21.1 Å². The lowest BCUT2D eigenvalue weighted by Gasteiger charge is -2.15. The first-order chi connectivity index (χ1) is 12.9. The first-order valence-electron chi connectivity index (χ1n) is 8.10. The van der Waals surface area contributed by atoms with Crippen LogP contribution < -0.4 is 15.4 Å². The molecule has 0 heterocycles. The minimum Gasteiger partial charge on any atom is -0.488 e. The molecule has 0 spiro atoms. The molecule has 0 saturated heterocycles. The largest absolute Gasteiger partial charge is 0.488 e. The molecular formula is C19H19ClN2O5. The Kier molecular flexibility index (Phi) is 7.19. The minimum atomic E-state index is -1.15. The third-order valence-electron chi connectivity index (χ3n) is 3.53. The van der Waals surface area contributed by atoms with Crippen LogP contribution in [0.4, 0.5) is 4.79 Å². The van der Waals surface area contributed by atoms with Crippen LogP contribution in [-0.4, -0.2) is 31.1 Å². The van der Waals surface area contributed by atoms with E-state index < -0.39 is 24.0 Å². The van der Waals surface area contributed by atoms with Gasteiger partial charge in [-0.1, -0.05) is 35.9 Å². The van der Waals surface area contributed by atoms with E-state index in [0.29, 0.717) is 10.8 Å². The van der Waals surface area contributed by atoms with Gasteiger partial charge in [0.15, 0.2) is 6.10 Å². The van der Waals surface area contributed by atoms with Crippen LogP contribution in [0.1, 0.15) is 22.8 Å². The van der Waals surface area contributed by atoms with Crippen LogP contribution >= 0.6 is 11.6 Å². The van der Waals surface area contributed by atoms with E-state index in [1.165, 1.54) is 20.0 Å². The second-order valence-electron chi connectivity index (χ2n) is 5.53. The minimum absolute atomic E-state index is 0.172. The van der Waals surface area contributed by atoms with Gasteiger partial charge in [0.05, 0.1) is 0 Å².